The number of hydrogen-bond donors (Lipinski definition) is 1. The summed E-state index contributed by atoms with van der Waals surface area (Å²) in [4.78, 5) is 38.3. The molecule has 1 heterocycles. The first-order valence-electron chi connectivity index (χ1n) is 5.90. The molecule has 116 valence electrons. The number of nitro benzene ring substituents is 2. The Kier molecular flexibility index (Phi) is 4.37. The molecule has 0 aliphatic heterocycles. The van der Waals surface area contributed by atoms with Gasteiger partial charge in [0.25, 0.3) is 5.56 Å². The Morgan fingerprint density at radius 1 is 1.26 bits per heavy atom. The molecule has 2 rings (SSSR count). The van der Waals surface area contributed by atoms with Crippen molar-refractivity contribution in [3.63, 3.8) is 0 Å². The molecule has 1 aromatic carbocycles. The summed E-state index contributed by atoms with van der Waals surface area (Å²) in [5.74, 6) is 0. The van der Waals surface area contributed by atoms with Crippen LogP contribution in [0.4, 0.5) is 11.4 Å². The summed E-state index contributed by atoms with van der Waals surface area (Å²) in [5.41, 5.74) is -2.45. The van der Waals surface area contributed by atoms with Crippen LogP contribution in [0.15, 0.2) is 28.2 Å². The molecule has 23 heavy (non-hydrogen) atoms. The van der Waals surface area contributed by atoms with Gasteiger partial charge in [-0.2, -0.15) is 5.26 Å². The van der Waals surface area contributed by atoms with Crippen LogP contribution >= 0.6 is 11.8 Å². The van der Waals surface area contributed by atoms with Crippen LogP contribution in [-0.2, 0) is 0 Å². The standard InChI is InChI=1S/C12H7N5O5S/c1-23-12-14-10(7(5-13)11(18)15-12)6-2-3-8(16(19)20)9(4-6)17(21)22/h2-4H,1H3,(H,14,15,18). The van der Waals surface area contributed by atoms with Crippen molar-refractivity contribution < 1.29 is 9.85 Å². The minimum atomic E-state index is -0.906. The third-order valence-electron chi connectivity index (χ3n) is 2.85. The van der Waals surface area contributed by atoms with E-state index >= 15 is 0 Å². The molecule has 0 amide bonds. The van der Waals surface area contributed by atoms with Gasteiger partial charge in [-0.1, -0.05) is 11.8 Å². The molecule has 0 aliphatic carbocycles. The molecule has 1 N–H and O–H groups in total. The second-order valence-corrected chi connectivity index (χ2v) is 4.92. The van der Waals surface area contributed by atoms with E-state index in [-0.39, 0.29) is 22.0 Å². The maximum Gasteiger partial charge on any atom is 0.346 e. The maximum atomic E-state index is 11.8. The zero-order valence-corrected chi connectivity index (χ0v) is 12.3. The van der Waals surface area contributed by atoms with Crippen LogP contribution in [0.25, 0.3) is 11.3 Å². The molecule has 0 spiro atoms. The Hall–Kier alpha value is -3.26. The number of nitriles is 1. The van der Waals surface area contributed by atoms with Gasteiger partial charge >= 0.3 is 11.4 Å². The van der Waals surface area contributed by atoms with Crippen molar-refractivity contribution in [3.8, 4) is 17.3 Å². The van der Waals surface area contributed by atoms with Crippen molar-refractivity contribution in [1.82, 2.24) is 9.97 Å². The highest BCUT2D eigenvalue weighted by Gasteiger charge is 2.26. The van der Waals surface area contributed by atoms with Gasteiger partial charge in [0.2, 0.25) is 0 Å². The molecule has 0 saturated heterocycles. The molecule has 0 saturated carbocycles. The second kappa shape index (κ2) is 6.24. The van der Waals surface area contributed by atoms with E-state index < -0.39 is 26.8 Å². The smallest absolute Gasteiger partial charge is 0.300 e. The molecule has 11 heteroatoms. The van der Waals surface area contributed by atoms with E-state index in [1.807, 2.05) is 0 Å². The summed E-state index contributed by atoms with van der Waals surface area (Å²) >= 11 is 1.11. The minimum absolute atomic E-state index is 0.0697. The molecular formula is C12H7N5O5S. The third kappa shape index (κ3) is 3.01. The van der Waals surface area contributed by atoms with Gasteiger partial charge < -0.3 is 4.98 Å². The number of aromatic amines is 1. The summed E-state index contributed by atoms with van der Waals surface area (Å²) < 4.78 is 0. The van der Waals surface area contributed by atoms with Gasteiger partial charge in [-0.25, -0.2) is 4.98 Å². The first-order chi connectivity index (χ1) is 10.9. The Bertz CT molecular complexity index is 917. The molecule has 0 atom stereocenters. The fraction of sp³-hybridized carbons (Fsp3) is 0.0833. The van der Waals surface area contributed by atoms with E-state index in [4.69, 9.17) is 5.26 Å². The topological polar surface area (TPSA) is 156 Å². The van der Waals surface area contributed by atoms with E-state index in [9.17, 15) is 25.0 Å². The highest BCUT2D eigenvalue weighted by atomic mass is 32.2. The summed E-state index contributed by atoms with van der Waals surface area (Å²) in [7, 11) is 0. The Labute approximate surface area is 132 Å². The SMILES string of the molecule is CSc1nc(-c2ccc([N+](=O)[O-])c([N+](=O)[O-])c2)c(C#N)c(=O)[nH]1. The van der Waals surface area contributed by atoms with Gasteiger partial charge in [0, 0.05) is 17.7 Å². The van der Waals surface area contributed by atoms with Crippen molar-refractivity contribution in [2.24, 2.45) is 0 Å². The van der Waals surface area contributed by atoms with Crippen molar-refractivity contribution >= 4 is 23.1 Å². The van der Waals surface area contributed by atoms with Gasteiger partial charge in [0.1, 0.15) is 11.6 Å². The minimum Gasteiger partial charge on any atom is -0.300 e. The van der Waals surface area contributed by atoms with Gasteiger partial charge in [-0.3, -0.25) is 25.0 Å². The Morgan fingerprint density at radius 2 is 1.91 bits per heavy atom. The lowest BCUT2D eigenvalue weighted by Crippen LogP contribution is -2.14. The quantitative estimate of drug-likeness (QED) is 0.384. The number of nitro groups is 2. The lowest BCUT2D eigenvalue weighted by atomic mass is 10.1. The highest BCUT2D eigenvalue weighted by molar-refractivity contribution is 7.98. The van der Waals surface area contributed by atoms with Crippen molar-refractivity contribution in [2.45, 2.75) is 5.16 Å². The normalized spacial score (nSPS) is 10.1. The molecule has 2 aromatic rings. The molecule has 10 nitrogen and oxygen atoms in total. The predicted octanol–water partition coefficient (Wildman–Crippen LogP) is 1.85. The van der Waals surface area contributed by atoms with Gasteiger partial charge in [0.15, 0.2) is 5.16 Å². The van der Waals surface area contributed by atoms with Crippen molar-refractivity contribution in [2.75, 3.05) is 6.26 Å². The summed E-state index contributed by atoms with van der Waals surface area (Å²) in [5, 5.41) is 31.1. The number of rotatable bonds is 4. The van der Waals surface area contributed by atoms with Gasteiger partial charge in [0.05, 0.1) is 15.5 Å². The molecule has 0 radical (unpaired) electrons. The summed E-state index contributed by atoms with van der Waals surface area (Å²) in [6.45, 7) is 0. The lowest BCUT2D eigenvalue weighted by molar-refractivity contribution is -0.422. The number of H-pyrrole nitrogens is 1. The second-order valence-electron chi connectivity index (χ2n) is 4.13. The van der Waals surface area contributed by atoms with E-state index in [0.29, 0.717) is 0 Å². The molecule has 0 aliphatic rings. The Balaban J connectivity index is 2.78. The number of nitrogens with zero attached hydrogens (tertiary/aromatic N) is 4. The van der Waals surface area contributed by atoms with E-state index in [0.717, 1.165) is 23.9 Å². The van der Waals surface area contributed by atoms with Crippen LogP contribution < -0.4 is 5.56 Å². The summed E-state index contributed by atoms with van der Waals surface area (Å²) in [6.07, 6.45) is 1.65. The zero-order chi connectivity index (χ0) is 17.1. The largest absolute Gasteiger partial charge is 0.346 e. The Morgan fingerprint density at radius 3 is 2.43 bits per heavy atom. The molecule has 0 unspecified atom stereocenters. The number of hydrogen-bond acceptors (Lipinski definition) is 8. The molecule has 0 fully saturated rings. The van der Waals surface area contributed by atoms with Gasteiger partial charge in [-0.05, 0) is 12.3 Å². The van der Waals surface area contributed by atoms with E-state index in [2.05, 4.69) is 9.97 Å². The lowest BCUT2D eigenvalue weighted by Gasteiger charge is -2.05. The average Bonchev–Trinajstić information content (AvgIpc) is 2.53. The van der Waals surface area contributed by atoms with Crippen LogP contribution in [0.5, 0.6) is 0 Å². The molecule has 0 bridgehead atoms. The number of benzene rings is 1. The first kappa shape index (κ1) is 16.1. The fourth-order valence-electron chi connectivity index (χ4n) is 1.83. The fourth-order valence-corrected chi connectivity index (χ4v) is 2.21. The van der Waals surface area contributed by atoms with Crippen LogP contribution in [0.1, 0.15) is 5.56 Å². The van der Waals surface area contributed by atoms with Crippen LogP contribution in [-0.4, -0.2) is 26.1 Å². The van der Waals surface area contributed by atoms with Crippen LogP contribution in [0, 0.1) is 31.6 Å². The van der Waals surface area contributed by atoms with Crippen LogP contribution in [0.2, 0.25) is 0 Å². The third-order valence-corrected chi connectivity index (χ3v) is 3.43. The van der Waals surface area contributed by atoms with Crippen molar-refractivity contribution in [1.29, 1.82) is 5.26 Å². The molecular weight excluding hydrogens is 326 g/mol. The van der Waals surface area contributed by atoms with E-state index in [1.165, 1.54) is 6.07 Å². The highest BCUT2D eigenvalue weighted by Crippen LogP contribution is 2.32. The van der Waals surface area contributed by atoms with Gasteiger partial charge in [-0.15, -0.1) is 0 Å². The average molecular weight is 333 g/mol. The number of thioether (sulfide) groups is 1. The van der Waals surface area contributed by atoms with E-state index in [1.54, 1.807) is 12.3 Å². The first-order valence-corrected chi connectivity index (χ1v) is 7.13. The predicted molar refractivity (Wildman–Crippen MR) is 80.1 cm³/mol. The number of nitrogens with one attached hydrogen (secondary N) is 1. The van der Waals surface area contributed by atoms with Crippen molar-refractivity contribution in [3.05, 3.63) is 54.3 Å². The maximum absolute atomic E-state index is 11.8. The molecule has 1 aromatic heterocycles. The van der Waals surface area contributed by atoms with Crippen LogP contribution in [0.3, 0.4) is 0 Å². The number of aromatic nitrogens is 2. The summed E-state index contributed by atoms with van der Waals surface area (Å²) in [6, 6.07) is 4.75. The zero-order valence-electron chi connectivity index (χ0n) is 11.5. The monoisotopic (exact) mass is 333 g/mol.